The maximum atomic E-state index is 13.1. The molecule has 1 aliphatic heterocycles. The zero-order chi connectivity index (χ0) is 21.4. The average molecular weight is 428 g/mol. The van der Waals surface area contributed by atoms with Crippen LogP contribution < -0.4 is 11.1 Å². The van der Waals surface area contributed by atoms with Gasteiger partial charge in [-0.05, 0) is 43.3 Å². The van der Waals surface area contributed by atoms with E-state index in [1.54, 1.807) is 11.1 Å². The summed E-state index contributed by atoms with van der Waals surface area (Å²) >= 11 is 6.56. The summed E-state index contributed by atoms with van der Waals surface area (Å²) < 4.78 is 15.0. The van der Waals surface area contributed by atoms with E-state index >= 15 is 0 Å². The molecule has 0 saturated heterocycles. The van der Waals surface area contributed by atoms with Gasteiger partial charge in [0.2, 0.25) is 0 Å². The number of hydrogen-bond donors (Lipinski definition) is 2. The summed E-state index contributed by atoms with van der Waals surface area (Å²) in [7, 11) is 0. The molecule has 3 heterocycles. The number of fused-ring (bicyclic) bond motifs is 1. The second kappa shape index (κ2) is 7.79. The minimum absolute atomic E-state index is 0.157. The molecule has 0 spiro atoms. The molecule has 9 heteroatoms. The molecule has 0 fully saturated rings. The molecule has 4 rings (SSSR count). The second-order valence-corrected chi connectivity index (χ2v) is 7.42. The molecule has 0 saturated carbocycles. The Hall–Kier alpha value is -3.39. The molecular weight excluding hydrogens is 409 g/mol. The Bertz CT molecular complexity index is 1130. The number of pyridine rings is 1. The molecule has 3 aromatic rings. The van der Waals surface area contributed by atoms with Gasteiger partial charge in [0.05, 0.1) is 28.5 Å². The summed E-state index contributed by atoms with van der Waals surface area (Å²) in [6.07, 6.45) is 1.70. The standard InChI is InChI=1S/C21H19ClFN5O2/c1-12-2-3-13(10-25-12)19-18(22)17(20(24)29)16-11-27(8-9-28(16)19)21(30)26-15-6-4-14(23)5-7-15/h2-7,10H,8-9,11H2,1H3,(H2,24,29)(H,26,30). The van der Waals surface area contributed by atoms with E-state index < -0.39 is 5.91 Å². The number of nitrogens with two attached hydrogens (primary N) is 1. The maximum absolute atomic E-state index is 13.1. The zero-order valence-corrected chi connectivity index (χ0v) is 16.9. The van der Waals surface area contributed by atoms with Gasteiger partial charge in [0.25, 0.3) is 5.91 Å². The fourth-order valence-electron chi connectivity index (χ4n) is 3.58. The van der Waals surface area contributed by atoms with Crippen LogP contribution in [0.3, 0.4) is 0 Å². The molecule has 1 aromatic carbocycles. The van der Waals surface area contributed by atoms with Crippen molar-refractivity contribution >= 4 is 29.2 Å². The molecule has 1 aliphatic rings. The second-order valence-electron chi connectivity index (χ2n) is 7.05. The van der Waals surface area contributed by atoms with Crippen LogP contribution >= 0.6 is 11.6 Å². The SMILES string of the molecule is Cc1ccc(-c2c(Cl)c(C(N)=O)c3n2CCN(C(=O)Nc2ccc(F)cc2)C3)cn1. The fraction of sp³-hybridized carbons (Fsp3) is 0.190. The van der Waals surface area contributed by atoms with E-state index in [-0.39, 0.29) is 29.0 Å². The van der Waals surface area contributed by atoms with Gasteiger partial charge in [-0.25, -0.2) is 9.18 Å². The van der Waals surface area contributed by atoms with E-state index in [0.29, 0.717) is 30.2 Å². The highest BCUT2D eigenvalue weighted by Crippen LogP contribution is 2.37. The van der Waals surface area contributed by atoms with E-state index in [1.165, 1.54) is 24.3 Å². The van der Waals surface area contributed by atoms with Gasteiger partial charge >= 0.3 is 6.03 Å². The molecule has 3 amide bonds. The third-order valence-electron chi connectivity index (χ3n) is 5.06. The third-order valence-corrected chi connectivity index (χ3v) is 5.43. The van der Waals surface area contributed by atoms with Gasteiger partial charge in [0, 0.05) is 36.2 Å². The molecule has 3 N–H and O–H groups in total. The summed E-state index contributed by atoms with van der Waals surface area (Å²) in [6, 6.07) is 8.88. The Morgan fingerprint density at radius 2 is 1.90 bits per heavy atom. The van der Waals surface area contributed by atoms with Crippen LogP contribution in [-0.4, -0.2) is 32.9 Å². The molecule has 0 radical (unpaired) electrons. The molecule has 0 atom stereocenters. The van der Waals surface area contributed by atoms with E-state index in [2.05, 4.69) is 10.3 Å². The highest BCUT2D eigenvalue weighted by Gasteiger charge is 2.31. The monoisotopic (exact) mass is 427 g/mol. The Labute approximate surface area is 177 Å². The quantitative estimate of drug-likeness (QED) is 0.665. The van der Waals surface area contributed by atoms with Gasteiger partial charge in [-0.2, -0.15) is 0 Å². The van der Waals surface area contributed by atoms with Crippen LogP contribution in [-0.2, 0) is 13.1 Å². The molecule has 0 bridgehead atoms. The van der Waals surface area contributed by atoms with Crippen LogP contribution in [0.5, 0.6) is 0 Å². The van der Waals surface area contributed by atoms with Crippen LogP contribution in [0.15, 0.2) is 42.6 Å². The first kappa shape index (κ1) is 19.9. The molecule has 154 valence electrons. The van der Waals surface area contributed by atoms with Crippen LogP contribution in [0.25, 0.3) is 11.3 Å². The zero-order valence-electron chi connectivity index (χ0n) is 16.2. The van der Waals surface area contributed by atoms with E-state index in [0.717, 1.165) is 11.3 Å². The third kappa shape index (κ3) is 3.61. The number of primary amides is 1. The van der Waals surface area contributed by atoms with Crippen LogP contribution in [0, 0.1) is 12.7 Å². The molecular formula is C21H19ClFN5O2. The summed E-state index contributed by atoms with van der Waals surface area (Å²) in [5, 5.41) is 2.98. The van der Waals surface area contributed by atoms with E-state index in [4.69, 9.17) is 17.3 Å². The number of benzene rings is 1. The Balaban J connectivity index is 1.66. The lowest BCUT2D eigenvalue weighted by molar-refractivity contribution is 0.0997. The molecule has 30 heavy (non-hydrogen) atoms. The Morgan fingerprint density at radius 1 is 1.17 bits per heavy atom. The number of urea groups is 1. The smallest absolute Gasteiger partial charge is 0.322 e. The lowest BCUT2D eigenvalue weighted by atomic mass is 10.1. The Morgan fingerprint density at radius 3 is 2.53 bits per heavy atom. The van der Waals surface area contributed by atoms with Gasteiger partial charge < -0.3 is 20.5 Å². The Kier molecular flexibility index (Phi) is 5.17. The van der Waals surface area contributed by atoms with Crippen molar-refractivity contribution in [2.45, 2.75) is 20.0 Å². The van der Waals surface area contributed by atoms with Crippen molar-refractivity contribution in [1.29, 1.82) is 0 Å². The predicted octanol–water partition coefficient (Wildman–Crippen LogP) is 3.80. The number of halogens is 2. The fourth-order valence-corrected chi connectivity index (χ4v) is 3.99. The van der Waals surface area contributed by atoms with Crippen molar-refractivity contribution in [2.75, 3.05) is 11.9 Å². The minimum Gasteiger partial charge on any atom is -0.365 e. The number of anilines is 1. The van der Waals surface area contributed by atoms with Crippen LogP contribution in [0.4, 0.5) is 14.9 Å². The number of aryl methyl sites for hydroxylation is 1. The normalized spacial score (nSPS) is 13.1. The predicted molar refractivity (Wildman–Crippen MR) is 112 cm³/mol. The van der Waals surface area contributed by atoms with Crippen molar-refractivity contribution < 1.29 is 14.0 Å². The maximum Gasteiger partial charge on any atom is 0.322 e. The highest BCUT2D eigenvalue weighted by atomic mass is 35.5. The first-order valence-electron chi connectivity index (χ1n) is 9.30. The lowest BCUT2D eigenvalue weighted by Crippen LogP contribution is -2.41. The van der Waals surface area contributed by atoms with Crippen molar-refractivity contribution in [1.82, 2.24) is 14.5 Å². The molecule has 2 aromatic heterocycles. The number of carbonyl (C=O) groups excluding carboxylic acids is 2. The summed E-state index contributed by atoms with van der Waals surface area (Å²) in [5.74, 6) is -1.04. The number of nitrogens with zero attached hydrogens (tertiary/aromatic N) is 3. The first-order chi connectivity index (χ1) is 14.3. The molecule has 0 aliphatic carbocycles. The van der Waals surface area contributed by atoms with Crippen molar-refractivity contribution in [2.24, 2.45) is 5.73 Å². The van der Waals surface area contributed by atoms with Gasteiger partial charge in [0.15, 0.2) is 0 Å². The van der Waals surface area contributed by atoms with Gasteiger partial charge in [-0.15, -0.1) is 0 Å². The number of aromatic nitrogens is 2. The molecule has 0 unspecified atom stereocenters. The summed E-state index contributed by atoms with van der Waals surface area (Å²) in [6.45, 7) is 2.87. The number of rotatable bonds is 3. The largest absolute Gasteiger partial charge is 0.365 e. The van der Waals surface area contributed by atoms with Crippen molar-refractivity contribution in [3.63, 3.8) is 0 Å². The average Bonchev–Trinajstić information content (AvgIpc) is 3.01. The number of nitrogens with one attached hydrogen (secondary N) is 1. The van der Waals surface area contributed by atoms with Crippen molar-refractivity contribution in [3.8, 4) is 11.3 Å². The van der Waals surface area contributed by atoms with Gasteiger partial charge in [-0.1, -0.05) is 11.6 Å². The number of carbonyl (C=O) groups is 2. The first-order valence-corrected chi connectivity index (χ1v) is 9.68. The van der Waals surface area contributed by atoms with E-state index in [9.17, 15) is 14.0 Å². The number of amides is 3. The van der Waals surface area contributed by atoms with Gasteiger partial charge in [-0.3, -0.25) is 9.78 Å². The molecule has 7 nitrogen and oxygen atoms in total. The summed E-state index contributed by atoms with van der Waals surface area (Å²) in [4.78, 5) is 30.7. The van der Waals surface area contributed by atoms with Crippen molar-refractivity contribution in [3.05, 3.63) is 70.4 Å². The van der Waals surface area contributed by atoms with Gasteiger partial charge in [0.1, 0.15) is 5.82 Å². The number of hydrogen-bond acceptors (Lipinski definition) is 3. The van der Waals surface area contributed by atoms with Crippen LogP contribution in [0.2, 0.25) is 5.02 Å². The summed E-state index contributed by atoms with van der Waals surface area (Å²) in [5.41, 5.74) is 9.14. The highest BCUT2D eigenvalue weighted by molar-refractivity contribution is 6.36. The van der Waals surface area contributed by atoms with Crippen LogP contribution in [0.1, 0.15) is 21.7 Å². The topological polar surface area (TPSA) is 93.3 Å². The minimum atomic E-state index is -0.657. The lowest BCUT2D eigenvalue weighted by Gasteiger charge is -2.30. The van der Waals surface area contributed by atoms with E-state index in [1.807, 2.05) is 23.6 Å².